The van der Waals surface area contributed by atoms with E-state index in [1.807, 2.05) is 26.0 Å². The molecule has 0 spiro atoms. The zero-order chi connectivity index (χ0) is 23.4. The van der Waals surface area contributed by atoms with Crippen molar-refractivity contribution in [1.82, 2.24) is 10.3 Å². The molecule has 0 unspecified atom stereocenters. The molecule has 0 saturated heterocycles. The third-order valence-corrected chi connectivity index (χ3v) is 6.11. The molecule has 3 aromatic rings. The Morgan fingerprint density at radius 3 is 2.67 bits per heavy atom. The quantitative estimate of drug-likeness (QED) is 0.499. The average molecular weight is 446 g/mol. The van der Waals surface area contributed by atoms with Gasteiger partial charge in [-0.05, 0) is 98.8 Å². The lowest BCUT2D eigenvalue weighted by molar-refractivity contribution is 0.0695. The minimum Gasteiger partial charge on any atom is -0.491 e. The van der Waals surface area contributed by atoms with Crippen LogP contribution in [0.4, 0.5) is 11.4 Å². The smallest absolute Gasteiger partial charge is 0.336 e. The summed E-state index contributed by atoms with van der Waals surface area (Å²) in [5.41, 5.74) is 6.00. The number of carbonyl (C=O) groups is 1. The molecule has 6 heteroatoms. The van der Waals surface area contributed by atoms with E-state index in [2.05, 4.69) is 52.6 Å². The standard InChI is InChI=1S/C27H31N3O3/c1-18(2)33-23-8-5-21(6-9-23)30(3)22-7-10-24-19(16-22)12-15-29-26(24)11-4-20-17-28-14-13-25(20)27(31)32/h5-10,13-14,16-18,26,29H,4,11-12,15H2,1-3H3,(H,31,32)/t26-/m1/s1. The fraction of sp³-hybridized carbons (Fsp3) is 0.333. The van der Waals surface area contributed by atoms with Gasteiger partial charge in [-0.1, -0.05) is 6.07 Å². The molecule has 0 bridgehead atoms. The number of aromatic carboxylic acids is 1. The number of nitrogens with zero attached hydrogens (tertiary/aromatic N) is 2. The fourth-order valence-electron chi connectivity index (χ4n) is 4.41. The normalized spacial score (nSPS) is 15.2. The SMILES string of the molecule is CC(C)Oc1ccc(N(C)c2ccc3c(c2)CCN[C@@H]3CCc2cnccc2C(=O)O)cc1. The molecule has 1 aliphatic heterocycles. The second-order valence-electron chi connectivity index (χ2n) is 8.74. The van der Waals surface area contributed by atoms with Gasteiger partial charge in [-0.15, -0.1) is 0 Å². The summed E-state index contributed by atoms with van der Waals surface area (Å²) in [6.07, 6.45) is 5.82. The van der Waals surface area contributed by atoms with E-state index in [1.165, 1.54) is 17.3 Å². The molecule has 4 rings (SSSR count). The molecule has 2 heterocycles. The summed E-state index contributed by atoms with van der Waals surface area (Å²) in [6, 6.07) is 16.6. The number of aromatic nitrogens is 1. The Kier molecular flexibility index (Phi) is 6.94. The Hall–Kier alpha value is -3.38. The van der Waals surface area contributed by atoms with Gasteiger partial charge in [-0.25, -0.2) is 4.79 Å². The molecular formula is C27H31N3O3. The topological polar surface area (TPSA) is 74.7 Å². The van der Waals surface area contributed by atoms with Crippen LogP contribution in [-0.2, 0) is 12.8 Å². The molecule has 0 aliphatic carbocycles. The number of carboxylic acids is 1. The van der Waals surface area contributed by atoms with Crippen LogP contribution in [0.3, 0.4) is 0 Å². The van der Waals surface area contributed by atoms with E-state index in [4.69, 9.17) is 4.74 Å². The number of benzene rings is 2. The monoisotopic (exact) mass is 445 g/mol. The largest absolute Gasteiger partial charge is 0.491 e. The summed E-state index contributed by atoms with van der Waals surface area (Å²) in [5, 5.41) is 13.0. The lowest BCUT2D eigenvalue weighted by Crippen LogP contribution is -2.30. The summed E-state index contributed by atoms with van der Waals surface area (Å²) >= 11 is 0. The Bertz CT molecular complexity index is 1110. The molecule has 1 aromatic heterocycles. The molecule has 0 fully saturated rings. The first kappa shape index (κ1) is 22.8. The highest BCUT2D eigenvalue weighted by Gasteiger charge is 2.21. The average Bonchev–Trinajstić information content (AvgIpc) is 2.82. The van der Waals surface area contributed by atoms with Crippen LogP contribution in [0.15, 0.2) is 60.9 Å². The first-order valence-corrected chi connectivity index (χ1v) is 11.4. The number of aryl methyl sites for hydroxylation is 1. The van der Waals surface area contributed by atoms with Crippen molar-refractivity contribution in [3.8, 4) is 5.75 Å². The maximum Gasteiger partial charge on any atom is 0.336 e. The molecule has 0 radical (unpaired) electrons. The van der Waals surface area contributed by atoms with Gasteiger partial charge < -0.3 is 20.1 Å². The van der Waals surface area contributed by atoms with E-state index in [0.717, 1.165) is 42.1 Å². The molecule has 2 aromatic carbocycles. The molecule has 172 valence electrons. The highest BCUT2D eigenvalue weighted by molar-refractivity contribution is 5.89. The Balaban J connectivity index is 1.48. The van der Waals surface area contributed by atoms with Gasteiger partial charge in [0.15, 0.2) is 0 Å². The van der Waals surface area contributed by atoms with Gasteiger partial charge in [-0.2, -0.15) is 0 Å². The van der Waals surface area contributed by atoms with Gasteiger partial charge in [0.1, 0.15) is 5.75 Å². The third-order valence-electron chi connectivity index (χ3n) is 6.11. The molecule has 6 nitrogen and oxygen atoms in total. The number of rotatable bonds is 8. The lowest BCUT2D eigenvalue weighted by atomic mass is 9.89. The van der Waals surface area contributed by atoms with Crippen molar-refractivity contribution in [3.05, 3.63) is 83.2 Å². The molecule has 1 atom stereocenters. The lowest BCUT2D eigenvalue weighted by Gasteiger charge is -2.29. The van der Waals surface area contributed by atoms with Crippen molar-refractivity contribution in [2.45, 2.75) is 45.3 Å². The zero-order valence-corrected chi connectivity index (χ0v) is 19.4. The van der Waals surface area contributed by atoms with Crippen molar-refractivity contribution in [2.75, 3.05) is 18.5 Å². The predicted molar refractivity (Wildman–Crippen MR) is 131 cm³/mol. The van der Waals surface area contributed by atoms with Crippen molar-refractivity contribution >= 4 is 17.3 Å². The van der Waals surface area contributed by atoms with Crippen LogP contribution in [0.5, 0.6) is 5.75 Å². The number of pyridine rings is 1. The van der Waals surface area contributed by atoms with E-state index < -0.39 is 5.97 Å². The zero-order valence-electron chi connectivity index (χ0n) is 19.4. The molecular weight excluding hydrogens is 414 g/mol. The highest BCUT2D eigenvalue weighted by Crippen LogP contribution is 2.33. The van der Waals surface area contributed by atoms with E-state index in [1.54, 1.807) is 12.3 Å². The molecule has 0 saturated carbocycles. The van der Waals surface area contributed by atoms with Crippen LogP contribution >= 0.6 is 0 Å². The number of hydrogen-bond acceptors (Lipinski definition) is 5. The van der Waals surface area contributed by atoms with Crippen molar-refractivity contribution in [2.24, 2.45) is 0 Å². The van der Waals surface area contributed by atoms with Crippen LogP contribution in [0.2, 0.25) is 0 Å². The van der Waals surface area contributed by atoms with E-state index in [0.29, 0.717) is 12.0 Å². The first-order valence-electron chi connectivity index (χ1n) is 11.4. The summed E-state index contributed by atoms with van der Waals surface area (Å²) in [4.78, 5) is 17.8. The van der Waals surface area contributed by atoms with Gasteiger partial charge in [0.2, 0.25) is 0 Å². The molecule has 33 heavy (non-hydrogen) atoms. The van der Waals surface area contributed by atoms with Gasteiger partial charge in [0.05, 0.1) is 11.7 Å². The number of fused-ring (bicyclic) bond motifs is 1. The molecule has 1 aliphatic rings. The second kappa shape index (κ2) is 10.0. The molecule has 0 amide bonds. The minimum atomic E-state index is -0.902. The Morgan fingerprint density at radius 1 is 1.18 bits per heavy atom. The minimum absolute atomic E-state index is 0.157. The van der Waals surface area contributed by atoms with Gasteiger partial charge >= 0.3 is 5.97 Å². The summed E-state index contributed by atoms with van der Waals surface area (Å²) in [5.74, 6) is -0.0259. The predicted octanol–water partition coefficient (Wildman–Crippen LogP) is 5.15. The van der Waals surface area contributed by atoms with Gasteiger partial charge in [0, 0.05) is 36.9 Å². The maximum absolute atomic E-state index is 11.5. The number of nitrogens with one attached hydrogen (secondary N) is 1. The van der Waals surface area contributed by atoms with Crippen LogP contribution < -0.4 is 15.0 Å². The summed E-state index contributed by atoms with van der Waals surface area (Å²) in [6.45, 7) is 4.96. The maximum atomic E-state index is 11.5. The number of ether oxygens (including phenoxy) is 1. The van der Waals surface area contributed by atoms with Crippen LogP contribution in [-0.4, -0.2) is 35.8 Å². The number of hydrogen-bond donors (Lipinski definition) is 2. The number of carboxylic acid groups (broad SMARTS) is 1. The van der Waals surface area contributed by atoms with E-state index in [9.17, 15) is 9.90 Å². The Morgan fingerprint density at radius 2 is 1.94 bits per heavy atom. The van der Waals surface area contributed by atoms with Crippen molar-refractivity contribution in [1.29, 1.82) is 0 Å². The van der Waals surface area contributed by atoms with E-state index >= 15 is 0 Å². The van der Waals surface area contributed by atoms with E-state index in [-0.39, 0.29) is 12.1 Å². The second-order valence-corrected chi connectivity index (χ2v) is 8.74. The van der Waals surface area contributed by atoms with Gasteiger partial charge in [-0.3, -0.25) is 4.98 Å². The number of anilines is 2. The molecule has 2 N–H and O–H groups in total. The van der Waals surface area contributed by atoms with Crippen molar-refractivity contribution < 1.29 is 14.6 Å². The Labute approximate surface area is 195 Å². The fourth-order valence-corrected chi connectivity index (χ4v) is 4.41. The van der Waals surface area contributed by atoms with Crippen LogP contribution in [0.1, 0.15) is 53.4 Å². The van der Waals surface area contributed by atoms with Crippen LogP contribution in [0, 0.1) is 0 Å². The third kappa shape index (κ3) is 5.34. The summed E-state index contributed by atoms with van der Waals surface area (Å²) in [7, 11) is 2.08. The highest BCUT2D eigenvalue weighted by atomic mass is 16.5. The van der Waals surface area contributed by atoms with Crippen molar-refractivity contribution in [3.63, 3.8) is 0 Å². The van der Waals surface area contributed by atoms with Gasteiger partial charge in [0.25, 0.3) is 0 Å². The summed E-state index contributed by atoms with van der Waals surface area (Å²) < 4.78 is 5.75. The first-order chi connectivity index (χ1) is 15.9. The van der Waals surface area contributed by atoms with Crippen LogP contribution in [0.25, 0.3) is 0 Å².